The highest BCUT2D eigenvalue weighted by Gasteiger charge is 2.67. The molecule has 0 radical (unpaired) electrons. The second kappa shape index (κ2) is 2.82. The van der Waals surface area contributed by atoms with Gasteiger partial charge in [-0.2, -0.15) is 0 Å². The van der Waals surface area contributed by atoms with E-state index in [4.69, 9.17) is 28.7 Å². The summed E-state index contributed by atoms with van der Waals surface area (Å²) in [6, 6.07) is -1.03. The molecule has 7 nitrogen and oxygen atoms in total. The normalized spacial score (nSPS) is 32.3. The Labute approximate surface area is 103 Å². The Bertz CT molecular complexity index is 568. The molecule has 3 aliphatic rings. The SMILES string of the molecule is NC1=C2C(=O)C(N)(N)C3(CC3)C(N)=C2C(=O)C1N. The van der Waals surface area contributed by atoms with Gasteiger partial charge in [0.15, 0.2) is 5.78 Å². The van der Waals surface area contributed by atoms with Crippen LogP contribution in [0.1, 0.15) is 12.8 Å². The predicted octanol–water partition coefficient (Wildman–Crippen LogP) is -2.70. The zero-order valence-corrected chi connectivity index (χ0v) is 9.69. The minimum Gasteiger partial charge on any atom is -0.401 e. The maximum Gasteiger partial charge on any atom is 0.200 e. The summed E-state index contributed by atoms with van der Waals surface area (Å²) in [5.41, 5.74) is 27.3. The molecule has 96 valence electrons. The molecule has 0 aliphatic heterocycles. The molecular weight excluding hydrogens is 234 g/mol. The summed E-state index contributed by atoms with van der Waals surface area (Å²) >= 11 is 0. The molecule has 0 aromatic carbocycles. The van der Waals surface area contributed by atoms with Crippen molar-refractivity contribution in [2.75, 3.05) is 0 Å². The highest BCUT2D eigenvalue weighted by atomic mass is 16.1. The molecule has 1 unspecified atom stereocenters. The Morgan fingerprint density at radius 2 is 1.61 bits per heavy atom. The fourth-order valence-electron chi connectivity index (χ4n) is 2.93. The van der Waals surface area contributed by atoms with Gasteiger partial charge in [0.25, 0.3) is 0 Å². The van der Waals surface area contributed by atoms with Crippen molar-refractivity contribution in [3.63, 3.8) is 0 Å². The van der Waals surface area contributed by atoms with Crippen LogP contribution in [0, 0.1) is 5.41 Å². The van der Waals surface area contributed by atoms with Gasteiger partial charge in [-0.3, -0.25) is 9.59 Å². The molecule has 0 aromatic rings. The van der Waals surface area contributed by atoms with E-state index in [-0.39, 0.29) is 22.5 Å². The maximum absolute atomic E-state index is 12.3. The van der Waals surface area contributed by atoms with Crippen LogP contribution in [-0.4, -0.2) is 23.3 Å². The number of rotatable bonds is 0. The first kappa shape index (κ1) is 11.4. The number of nitrogens with two attached hydrogens (primary N) is 5. The number of carbonyl (C=O) groups is 2. The van der Waals surface area contributed by atoms with E-state index in [0.717, 1.165) is 0 Å². The molecule has 1 fully saturated rings. The van der Waals surface area contributed by atoms with Crippen molar-refractivity contribution in [2.24, 2.45) is 34.1 Å². The van der Waals surface area contributed by atoms with E-state index in [0.29, 0.717) is 12.8 Å². The van der Waals surface area contributed by atoms with Gasteiger partial charge in [0.2, 0.25) is 5.78 Å². The second-order valence-electron chi connectivity index (χ2n) is 5.24. The highest BCUT2D eigenvalue weighted by molar-refractivity contribution is 6.24. The Kier molecular flexibility index (Phi) is 1.79. The topological polar surface area (TPSA) is 164 Å². The summed E-state index contributed by atoms with van der Waals surface area (Å²) in [7, 11) is 0. The maximum atomic E-state index is 12.3. The molecule has 0 amide bonds. The van der Waals surface area contributed by atoms with E-state index in [1.807, 2.05) is 0 Å². The third kappa shape index (κ3) is 0.925. The third-order valence-corrected chi connectivity index (χ3v) is 4.33. The lowest BCUT2D eigenvalue weighted by Crippen LogP contribution is -2.66. The van der Waals surface area contributed by atoms with Gasteiger partial charge in [-0.1, -0.05) is 0 Å². The van der Waals surface area contributed by atoms with E-state index in [1.165, 1.54) is 0 Å². The fraction of sp³-hybridized carbons (Fsp3) is 0.455. The minimum absolute atomic E-state index is 0.0127. The standard InChI is InChI=1S/C11H15N5O2/c12-5-3-4(7(17)6(5)13)8(14)10(1-2-10)11(15,16)9(3)18/h6H,1-2,12-16H2. The number of Topliss-reactive ketones (excluding diaryl/α,β-unsaturated/α-hetero) is 2. The summed E-state index contributed by atoms with van der Waals surface area (Å²) in [6.07, 6.45) is 1.19. The number of fused-ring (bicyclic) bond motifs is 1. The predicted molar refractivity (Wildman–Crippen MR) is 63.2 cm³/mol. The molecule has 0 bridgehead atoms. The lowest BCUT2D eigenvalue weighted by molar-refractivity contribution is -0.123. The van der Waals surface area contributed by atoms with Gasteiger partial charge < -0.3 is 28.7 Å². The lowest BCUT2D eigenvalue weighted by atomic mass is 9.73. The van der Waals surface area contributed by atoms with Crippen LogP contribution in [0.4, 0.5) is 0 Å². The summed E-state index contributed by atoms with van der Waals surface area (Å²) in [5.74, 6) is -0.960. The number of ketones is 2. The molecule has 7 heteroatoms. The van der Waals surface area contributed by atoms with Gasteiger partial charge >= 0.3 is 0 Å². The van der Waals surface area contributed by atoms with E-state index in [1.54, 1.807) is 0 Å². The summed E-state index contributed by atoms with van der Waals surface area (Å²) in [6.45, 7) is 0. The van der Waals surface area contributed by atoms with Crippen LogP contribution in [0.5, 0.6) is 0 Å². The second-order valence-corrected chi connectivity index (χ2v) is 5.24. The average molecular weight is 249 g/mol. The summed E-state index contributed by atoms with van der Waals surface area (Å²) < 4.78 is 0. The van der Waals surface area contributed by atoms with Crippen molar-refractivity contribution in [3.05, 3.63) is 22.5 Å². The van der Waals surface area contributed by atoms with Gasteiger partial charge in [-0.15, -0.1) is 0 Å². The Balaban J connectivity index is 2.35. The van der Waals surface area contributed by atoms with E-state index >= 15 is 0 Å². The lowest BCUT2D eigenvalue weighted by Gasteiger charge is -2.38. The molecule has 18 heavy (non-hydrogen) atoms. The van der Waals surface area contributed by atoms with Crippen LogP contribution < -0.4 is 28.7 Å². The van der Waals surface area contributed by atoms with E-state index in [2.05, 4.69) is 0 Å². The smallest absolute Gasteiger partial charge is 0.200 e. The van der Waals surface area contributed by atoms with Crippen molar-refractivity contribution in [2.45, 2.75) is 24.5 Å². The van der Waals surface area contributed by atoms with Gasteiger partial charge in [-0.05, 0) is 12.8 Å². The zero-order chi connectivity index (χ0) is 13.5. The van der Waals surface area contributed by atoms with Crippen LogP contribution in [0.2, 0.25) is 0 Å². The average Bonchev–Trinajstić information content (AvgIpc) is 3.08. The number of carbonyl (C=O) groups excluding carboxylic acids is 2. The Morgan fingerprint density at radius 3 is 2.11 bits per heavy atom. The number of hydrogen-bond acceptors (Lipinski definition) is 7. The molecule has 0 saturated heterocycles. The largest absolute Gasteiger partial charge is 0.401 e. The van der Waals surface area contributed by atoms with Crippen molar-refractivity contribution >= 4 is 11.6 Å². The first-order valence-electron chi connectivity index (χ1n) is 5.68. The van der Waals surface area contributed by atoms with Gasteiger partial charge in [-0.25, -0.2) is 0 Å². The zero-order valence-electron chi connectivity index (χ0n) is 9.69. The molecule has 1 atom stereocenters. The third-order valence-electron chi connectivity index (χ3n) is 4.33. The van der Waals surface area contributed by atoms with Gasteiger partial charge in [0.1, 0.15) is 11.7 Å². The molecule has 0 aromatic heterocycles. The fourth-order valence-corrected chi connectivity index (χ4v) is 2.93. The highest BCUT2D eigenvalue weighted by Crippen LogP contribution is 2.60. The molecule has 3 aliphatic carbocycles. The summed E-state index contributed by atoms with van der Waals surface area (Å²) in [5, 5.41) is 0. The molecule has 10 N–H and O–H groups in total. The first-order valence-corrected chi connectivity index (χ1v) is 5.68. The Hall–Kier alpha value is -1.70. The van der Waals surface area contributed by atoms with Crippen LogP contribution >= 0.6 is 0 Å². The minimum atomic E-state index is -1.61. The van der Waals surface area contributed by atoms with Crippen molar-refractivity contribution in [1.82, 2.24) is 0 Å². The quantitative estimate of drug-likeness (QED) is 0.291. The van der Waals surface area contributed by atoms with Gasteiger partial charge in [0.05, 0.1) is 11.1 Å². The first-order chi connectivity index (χ1) is 8.25. The van der Waals surface area contributed by atoms with E-state index in [9.17, 15) is 9.59 Å². The molecule has 1 spiro atoms. The van der Waals surface area contributed by atoms with Crippen molar-refractivity contribution in [3.8, 4) is 0 Å². The van der Waals surface area contributed by atoms with Crippen molar-refractivity contribution in [1.29, 1.82) is 0 Å². The summed E-state index contributed by atoms with van der Waals surface area (Å²) in [4.78, 5) is 24.4. The van der Waals surface area contributed by atoms with Crippen LogP contribution in [0.25, 0.3) is 0 Å². The molecule has 3 rings (SSSR count). The Morgan fingerprint density at radius 1 is 1.06 bits per heavy atom. The van der Waals surface area contributed by atoms with Gasteiger partial charge in [0, 0.05) is 16.8 Å². The van der Waals surface area contributed by atoms with Crippen LogP contribution in [0.3, 0.4) is 0 Å². The van der Waals surface area contributed by atoms with Crippen molar-refractivity contribution < 1.29 is 9.59 Å². The van der Waals surface area contributed by atoms with Crippen LogP contribution in [-0.2, 0) is 9.59 Å². The number of hydrogen-bond donors (Lipinski definition) is 5. The molecule has 1 saturated carbocycles. The monoisotopic (exact) mass is 249 g/mol. The van der Waals surface area contributed by atoms with Crippen LogP contribution in [0.15, 0.2) is 22.5 Å². The molecular formula is C11H15N5O2. The molecule has 0 heterocycles. The van der Waals surface area contributed by atoms with E-state index < -0.39 is 28.7 Å².